The van der Waals surface area contributed by atoms with E-state index in [4.69, 9.17) is 11.6 Å². The van der Waals surface area contributed by atoms with E-state index in [9.17, 15) is 14.4 Å². The Morgan fingerprint density at radius 2 is 1.71 bits per heavy atom. The van der Waals surface area contributed by atoms with Crippen molar-refractivity contribution in [3.05, 3.63) is 23.2 Å². The minimum Gasteiger partial charge on any atom is -0.375 e. The molecule has 0 spiro atoms. The molecule has 24 heavy (non-hydrogen) atoms. The number of rotatable bonds is 4. The van der Waals surface area contributed by atoms with Crippen LogP contribution in [0.5, 0.6) is 0 Å². The van der Waals surface area contributed by atoms with Crippen LogP contribution in [-0.2, 0) is 14.4 Å². The number of amides is 3. The first kappa shape index (κ1) is 18.1. The van der Waals surface area contributed by atoms with Crippen LogP contribution in [0.3, 0.4) is 0 Å². The summed E-state index contributed by atoms with van der Waals surface area (Å²) in [7, 11) is 0. The average Bonchev–Trinajstić information content (AvgIpc) is 2.54. The van der Waals surface area contributed by atoms with Gasteiger partial charge in [-0.1, -0.05) is 11.6 Å². The summed E-state index contributed by atoms with van der Waals surface area (Å²) in [5.74, 6) is -0.205. The maximum atomic E-state index is 12.3. The fourth-order valence-electron chi connectivity index (χ4n) is 2.50. The van der Waals surface area contributed by atoms with E-state index < -0.39 is 0 Å². The quantitative estimate of drug-likeness (QED) is 0.858. The Bertz CT molecular complexity index is 642. The van der Waals surface area contributed by atoms with Crippen LogP contribution in [0.15, 0.2) is 18.2 Å². The van der Waals surface area contributed by atoms with Crippen LogP contribution in [0.4, 0.5) is 11.4 Å². The molecule has 3 amide bonds. The second-order valence-corrected chi connectivity index (χ2v) is 6.02. The summed E-state index contributed by atoms with van der Waals surface area (Å²) in [6.45, 7) is 5.22. The Hall–Kier alpha value is -2.28. The largest absolute Gasteiger partial charge is 0.375 e. The summed E-state index contributed by atoms with van der Waals surface area (Å²) in [6.07, 6.45) is 0. The standard InChI is InChI=1S/C16H21ClN4O3/c1-11(22)19-13-3-4-14(17)15(9-13)18-10-16(24)21-7-5-20(6-8-21)12(2)23/h3-4,9,18H,5-8,10H2,1-2H3,(H,19,22). The third-order valence-corrected chi connectivity index (χ3v) is 4.12. The summed E-state index contributed by atoms with van der Waals surface area (Å²) in [5.41, 5.74) is 1.19. The molecule has 1 aromatic carbocycles. The van der Waals surface area contributed by atoms with Crippen molar-refractivity contribution in [1.82, 2.24) is 9.80 Å². The molecule has 0 unspecified atom stereocenters. The molecule has 1 aliphatic rings. The van der Waals surface area contributed by atoms with E-state index in [1.54, 1.807) is 28.0 Å². The lowest BCUT2D eigenvalue weighted by molar-refractivity contribution is -0.137. The molecule has 1 saturated heterocycles. The normalized spacial score (nSPS) is 14.3. The van der Waals surface area contributed by atoms with Crippen molar-refractivity contribution in [1.29, 1.82) is 0 Å². The number of nitrogens with zero attached hydrogens (tertiary/aromatic N) is 2. The summed E-state index contributed by atoms with van der Waals surface area (Å²) in [4.78, 5) is 38.1. The van der Waals surface area contributed by atoms with Gasteiger partial charge in [0.25, 0.3) is 0 Å². The number of halogens is 1. The summed E-state index contributed by atoms with van der Waals surface area (Å²) in [6, 6.07) is 5.04. The maximum Gasteiger partial charge on any atom is 0.241 e. The second kappa shape index (κ2) is 8.01. The number of nitrogens with one attached hydrogen (secondary N) is 2. The van der Waals surface area contributed by atoms with E-state index in [0.717, 1.165) is 0 Å². The zero-order chi connectivity index (χ0) is 17.7. The lowest BCUT2D eigenvalue weighted by Crippen LogP contribution is -2.51. The fraction of sp³-hybridized carbons (Fsp3) is 0.438. The first-order chi connectivity index (χ1) is 11.4. The maximum absolute atomic E-state index is 12.3. The molecule has 0 bridgehead atoms. The molecule has 1 heterocycles. The monoisotopic (exact) mass is 352 g/mol. The molecule has 2 rings (SSSR count). The van der Waals surface area contributed by atoms with E-state index in [1.165, 1.54) is 13.8 Å². The Kier molecular flexibility index (Phi) is 6.03. The minimum atomic E-state index is -0.178. The third-order valence-electron chi connectivity index (χ3n) is 3.79. The van der Waals surface area contributed by atoms with Gasteiger partial charge in [-0.25, -0.2) is 0 Å². The Labute approximate surface area is 145 Å². The van der Waals surface area contributed by atoms with E-state index in [0.29, 0.717) is 42.6 Å². The minimum absolute atomic E-state index is 0.0294. The predicted octanol–water partition coefficient (Wildman–Crippen LogP) is 1.40. The number of carbonyl (C=O) groups excluding carboxylic acids is 3. The van der Waals surface area contributed by atoms with Gasteiger partial charge >= 0.3 is 0 Å². The van der Waals surface area contributed by atoms with Gasteiger partial charge < -0.3 is 20.4 Å². The van der Waals surface area contributed by atoms with Crippen molar-refractivity contribution in [3.8, 4) is 0 Å². The third kappa shape index (κ3) is 4.86. The highest BCUT2D eigenvalue weighted by Crippen LogP contribution is 2.25. The number of carbonyl (C=O) groups is 3. The van der Waals surface area contributed by atoms with Crippen molar-refractivity contribution in [2.24, 2.45) is 0 Å². The van der Waals surface area contributed by atoms with Crippen LogP contribution in [0.1, 0.15) is 13.8 Å². The van der Waals surface area contributed by atoms with Crippen LogP contribution in [0.25, 0.3) is 0 Å². The van der Waals surface area contributed by atoms with Gasteiger partial charge in [-0.05, 0) is 18.2 Å². The molecule has 0 radical (unpaired) electrons. The zero-order valence-corrected chi connectivity index (χ0v) is 14.5. The van der Waals surface area contributed by atoms with Gasteiger partial charge in [-0.2, -0.15) is 0 Å². The van der Waals surface area contributed by atoms with Crippen molar-refractivity contribution in [2.45, 2.75) is 13.8 Å². The van der Waals surface area contributed by atoms with Gasteiger partial charge in [0.2, 0.25) is 17.7 Å². The number of hydrogen-bond acceptors (Lipinski definition) is 4. The van der Waals surface area contributed by atoms with E-state index >= 15 is 0 Å². The molecule has 1 fully saturated rings. The van der Waals surface area contributed by atoms with Gasteiger partial charge in [0.05, 0.1) is 17.3 Å². The van der Waals surface area contributed by atoms with Crippen molar-refractivity contribution < 1.29 is 14.4 Å². The lowest BCUT2D eigenvalue weighted by Gasteiger charge is -2.34. The van der Waals surface area contributed by atoms with Crippen molar-refractivity contribution in [2.75, 3.05) is 43.4 Å². The zero-order valence-electron chi connectivity index (χ0n) is 13.8. The van der Waals surface area contributed by atoms with Crippen LogP contribution >= 0.6 is 11.6 Å². The van der Waals surface area contributed by atoms with Crippen LogP contribution in [-0.4, -0.2) is 60.2 Å². The molecule has 7 nitrogen and oxygen atoms in total. The van der Waals surface area contributed by atoms with E-state index in [1.807, 2.05) is 0 Å². The molecule has 2 N–H and O–H groups in total. The van der Waals surface area contributed by atoms with Gasteiger partial charge in [0.1, 0.15) is 0 Å². The number of hydrogen-bond donors (Lipinski definition) is 2. The SMILES string of the molecule is CC(=O)Nc1ccc(Cl)c(NCC(=O)N2CCN(C(C)=O)CC2)c1. The molecule has 8 heteroatoms. The number of anilines is 2. The highest BCUT2D eigenvalue weighted by Gasteiger charge is 2.22. The van der Waals surface area contributed by atoms with E-state index in [2.05, 4.69) is 10.6 Å². The summed E-state index contributed by atoms with van der Waals surface area (Å²) >= 11 is 6.11. The van der Waals surface area contributed by atoms with Gasteiger partial charge in [-0.3, -0.25) is 14.4 Å². The van der Waals surface area contributed by atoms with Crippen LogP contribution < -0.4 is 10.6 Å². The summed E-state index contributed by atoms with van der Waals surface area (Å²) < 4.78 is 0. The second-order valence-electron chi connectivity index (χ2n) is 5.62. The molecule has 1 aliphatic heterocycles. The Morgan fingerprint density at radius 1 is 1.08 bits per heavy atom. The molecule has 0 atom stereocenters. The first-order valence-electron chi connectivity index (χ1n) is 7.71. The predicted molar refractivity (Wildman–Crippen MR) is 93.1 cm³/mol. The number of benzene rings is 1. The van der Waals surface area contributed by atoms with Crippen LogP contribution in [0.2, 0.25) is 5.02 Å². The highest BCUT2D eigenvalue weighted by molar-refractivity contribution is 6.33. The van der Waals surface area contributed by atoms with Gasteiger partial charge in [-0.15, -0.1) is 0 Å². The van der Waals surface area contributed by atoms with Crippen molar-refractivity contribution >= 4 is 40.7 Å². The highest BCUT2D eigenvalue weighted by atomic mass is 35.5. The Balaban J connectivity index is 1.90. The topological polar surface area (TPSA) is 81.8 Å². The molecule has 130 valence electrons. The smallest absolute Gasteiger partial charge is 0.241 e. The Morgan fingerprint density at radius 3 is 2.29 bits per heavy atom. The molecule has 1 aromatic rings. The average molecular weight is 353 g/mol. The molecular formula is C16H21ClN4O3. The fourth-order valence-corrected chi connectivity index (χ4v) is 2.68. The van der Waals surface area contributed by atoms with E-state index in [-0.39, 0.29) is 24.3 Å². The summed E-state index contributed by atoms with van der Waals surface area (Å²) in [5, 5.41) is 6.14. The molecular weight excluding hydrogens is 332 g/mol. The molecule has 0 saturated carbocycles. The van der Waals surface area contributed by atoms with Gasteiger partial charge in [0, 0.05) is 45.7 Å². The molecule has 0 aromatic heterocycles. The molecule has 0 aliphatic carbocycles. The van der Waals surface area contributed by atoms with Crippen LogP contribution in [0, 0.1) is 0 Å². The first-order valence-corrected chi connectivity index (χ1v) is 8.09. The van der Waals surface area contributed by atoms with Crippen molar-refractivity contribution in [3.63, 3.8) is 0 Å². The lowest BCUT2D eigenvalue weighted by atomic mass is 10.2. The number of piperazine rings is 1. The van der Waals surface area contributed by atoms with Gasteiger partial charge in [0.15, 0.2) is 0 Å².